The summed E-state index contributed by atoms with van der Waals surface area (Å²) in [5.41, 5.74) is 0.533. The first-order valence-corrected chi connectivity index (χ1v) is 6.28. The van der Waals surface area contributed by atoms with Crippen molar-refractivity contribution in [1.29, 1.82) is 0 Å². The summed E-state index contributed by atoms with van der Waals surface area (Å²) in [7, 11) is 0. The minimum Gasteiger partial charge on any atom is -0.303 e. The van der Waals surface area contributed by atoms with Gasteiger partial charge in [0, 0.05) is 6.54 Å². The highest BCUT2D eigenvalue weighted by molar-refractivity contribution is 4.83. The van der Waals surface area contributed by atoms with E-state index in [1.165, 1.54) is 45.3 Å². The Balaban J connectivity index is 1.74. The molecule has 82 valence electrons. The zero-order valence-electron chi connectivity index (χ0n) is 10.1. The quantitative estimate of drug-likeness (QED) is 0.654. The molecule has 0 aromatic carbocycles. The molecular formula is C13H25N. The smallest absolute Gasteiger partial charge is 0.000966 e. The van der Waals surface area contributed by atoms with E-state index in [-0.39, 0.29) is 0 Å². The Morgan fingerprint density at radius 3 is 2.00 bits per heavy atom. The fourth-order valence-electron chi connectivity index (χ4n) is 2.65. The van der Waals surface area contributed by atoms with E-state index < -0.39 is 0 Å². The van der Waals surface area contributed by atoms with Gasteiger partial charge in [0.05, 0.1) is 0 Å². The van der Waals surface area contributed by atoms with Crippen LogP contribution in [0, 0.1) is 17.3 Å². The van der Waals surface area contributed by atoms with Crippen LogP contribution < -0.4 is 0 Å². The molecule has 1 saturated carbocycles. The van der Waals surface area contributed by atoms with Gasteiger partial charge >= 0.3 is 0 Å². The number of hydrogen-bond acceptors (Lipinski definition) is 1. The molecule has 0 bridgehead atoms. The van der Waals surface area contributed by atoms with Gasteiger partial charge in [-0.25, -0.2) is 0 Å². The Morgan fingerprint density at radius 2 is 1.57 bits per heavy atom. The lowest BCUT2D eigenvalue weighted by Crippen LogP contribution is -2.38. The van der Waals surface area contributed by atoms with Crippen molar-refractivity contribution >= 4 is 0 Å². The average Bonchev–Trinajstić information content (AvgIpc) is 2.88. The van der Waals surface area contributed by atoms with E-state index in [0.29, 0.717) is 5.41 Å². The molecule has 2 aliphatic rings. The molecule has 0 radical (unpaired) electrons. The van der Waals surface area contributed by atoms with Crippen molar-refractivity contribution in [2.75, 3.05) is 19.6 Å². The van der Waals surface area contributed by atoms with E-state index in [9.17, 15) is 0 Å². The molecule has 1 aliphatic carbocycles. The van der Waals surface area contributed by atoms with Gasteiger partial charge < -0.3 is 4.90 Å². The monoisotopic (exact) mass is 195 g/mol. The van der Waals surface area contributed by atoms with E-state index in [2.05, 4.69) is 25.7 Å². The van der Waals surface area contributed by atoms with Gasteiger partial charge in [0.15, 0.2) is 0 Å². The Hall–Kier alpha value is -0.0400. The fourth-order valence-corrected chi connectivity index (χ4v) is 2.65. The second-order valence-corrected chi connectivity index (χ2v) is 6.38. The Labute approximate surface area is 88.9 Å². The Morgan fingerprint density at radius 1 is 1.00 bits per heavy atom. The molecule has 1 nitrogen and oxygen atoms in total. The van der Waals surface area contributed by atoms with Gasteiger partial charge in [-0.15, -0.1) is 0 Å². The van der Waals surface area contributed by atoms with Crippen molar-refractivity contribution in [3.63, 3.8) is 0 Å². The maximum absolute atomic E-state index is 2.69. The van der Waals surface area contributed by atoms with E-state index in [4.69, 9.17) is 0 Å². The molecule has 0 spiro atoms. The lowest BCUT2D eigenvalue weighted by molar-refractivity contribution is 0.109. The van der Waals surface area contributed by atoms with Crippen LogP contribution in [0.25, 0.3) is 0 Å². The highest BCUT2D eigenvalue weighted by atomic mass is 15.1. The van der Waals surface area contributed by atoms with Gasteiger partial charge in [-0.3, -0.25) is 0 Å². The third kappa shape index (κ3) is 2.73. The van der Waals surface area contributed by atoms with Crippen LogP contribution in [-0.2, 0) is 0 Å². The van der Waals surface area contributed by atoms with E-state index in [1.807, 2.05) is 0 Å². The van der Waals surface area contributed by atoms with Crippen LogP contribution in [0.2, 0.25) is 0 Å². The van der Waals surface area contributed by atoms with Gasteiger partial charge in [-0.2, -0.15) is 0 Å². The molecule has 1 heterocycles. The minimum absolute atomic E-state index is 0.533. The molecule has 0 atom stereocenters. The highest BCUT2D eigenvalue weighted by Crippen LogP contribution is 2.36. The van der Waals surface area contributed by atoms with E-state index in [0.717, 1.165) is 11.8 Å². The second-order valence-electron chi connectivity index (χ2n) is 6.38. The molecule has 2 fully saturated rings. The lowest BCUT2D eigenvalue weighted by Gasteiger charge is -2.38. The molecule has 0 aromatic heterocycles. The second kappa shape index (κ2) is 3.84. The summed E-state index contributed by atoms with van der Waals surface area (Å²) < 4.78 is 0. The first-order chi connectivity index (χ1) is 6.55. The predicted molar refractivity (Wildman–Crippen MR) is 61.3 cm³/mol. The fraction of sp³-hybridized carbons (Fsp3) is 1.00. The molecule has 0 aromatic rings. The van der Waals surface area contributed by atoms with Crippen LogP contribution in [-0.4, -0.2) is 24.5 Å². The molecule has 1 saturated heterocycles. The summed E-state index contributed by atoms with van der Waals surface area (Å²) in [4.78, 5) is 2.69. The number of rotatable bonds is 2. The van der Waals surface area contributed by atoms with Crippen molar-refractivity contribution in [2.24, 2.45) is 17.3 Å². The van der Waals surface area contributed by atoms with E-state index >= 15 is 0 Å². The van der Waals surface area contributed by atoms with Gasteiger partial charge in [0.2, 0.25) is 0 Å². The first-order valence-electron chi connectivity index (χ1n) is 6.28. The van der Waals surface area contributed by atoms with Gasteiger partial charge in [0.25, 0.3) is 0 Å². The number of hydrogen-bond donors (Lipinski definition) is 0. The number of nitrogens with zero attached hydrogens (tertiary/aromatic N) is 1. The normalized spacial score (nSPS) is 26.8. The first kappa shape index (κ1) is 10.5. The number of piperidine rings is 1. The van der Waals surface area contributed by atoms with Gasteiger partial charge in [0.1, 0.15) is 0 Å². The predicted octanol–water partition coefficient (Wildman–Crippen LogP) is 3.15. The van der Waals surface area contributed by atoms with Gasteiger partial charge in [-0.1, -0.05) is 20.8 Å². The van der Waals surface area contributed by atoms with Crippen molar-refractivity contribution in [3.05, 3.63) is 0 Å². The molecule has 0 unspecified atom stereocenters. The number of likely N-dealkylation sites (tertiary alicyclic amines) is 1. The van der Waals surface area contributed by atoms with Crippen molar-refractivity contribution in [1.82, 2.24) is 4.90 Å². The van der Waals surface area contributed by atoms with Crippen molar-refractivity contribution < 1.29 is 0 Å². The average molecular weight is 195 g/mol. The summed E-state index contributed by atoms with van der Waals surface area (Å²) in [6, 6.07) is 0. The maximum Gasteiger partial charge on any atom is 0.000966 e. The third-order valence-electron chi connectivity index (χ3n) is 4.03. The summed E-state index contributed by atoms with van der Waals surface area (Å²) in [6.07, 6.45) is 5.85. The summed E-state index contributed by atoms with van der Waals surface area (Å²) in [6.45, 7) is 11.3. The van der Waals surface area contributed by atoms with Crippen LogP contribution in [0.3, 0.4) is 0 Å². The SMILES string of the molecule is CC(C)(C)C1CCN(CC2CC2)CC1. The molecule has 0 N–H and O–H groups in total. The topological polar surface area (TPSA) is 3.24 Å². The zero-order valence-corrected chi connectivity index (χ0v) is 10.1. The maximum atomic E-state index is 2.69. The summed E-state index contributed by atoms with van der Waals surface area (Å²) in [5.74, 6) is 2.03. The Kier molecular flexibility index (Phi) is 2.88. The zero-order chi connectivity index (χ0) is 10.2. The highest BCUT2D eigenvalue weighted by Gasteiger charge is 2.31. The molecule has 14 heavy (non-hydrogen) atoms. The van der Waals surface area contributed by atoms with E-state index in [1.54, 1.807) is 0 Å². The summed E-state index contributed by atoms with van der Waals surface area (Å²) >= 11 is 0. The van der Waals surface area contributed by atoms with Crippen LogP contribution >= 0.6 is 0 Å². The standard InChI is InChI=1S/C13H25N/c1-13(2,3)12-6-8-14(9-7-12)10-11-4-5-11/h11-12H,4-10H2,1-3H3. The molecule has 0 amide bonds. The van der Waals surface area contributed by atoms with Gasteiger partial charge in [-0.05, 0) is 56.0 Å². The largest absolute Gasteiger partial charge is 0.303 e. The molecule has 1 aliphatic heterocycles. The van der Waals surface area contributed by atoms with Crippen molar-refractivity contribution in [2.45, 2.75) is 46.5 Å². The van der Waals surface area contributed by atoms with Crippen LogP contribution in [0.1, 0.15) is 46.5 Å². The van der Waals surface area contributed by atoms with Crippen molar-refractivity contribution in [3.8, 4) is 0 Å². The minimum atomic E-state index is 0.533. The summed E-state index contributed by atoms with van der Waals surface area (Å²) in [5, 5.41) is 0. The molecule has 2 rings (SSSR count). The molecule has 1 heteroatoms. The van der Waals surface area contributed by atoms with Crippen LogP contribution in [0.15, 0.2) is 0 Å². The Bertz CT molecular complexity index is 180. The van der Waals surface area contributed by atoms with Crippen LogP contribution in [0.4, 0.5) is 0 Å². The lowest BCUT2D eigenvalue weighted by atomic mass is 9.75. The molecular weight excluding hydrogens is 170 g/mol. The van der Waals surface area contributed by atoms with Crippen LogP contribution in [0.5, 0.6) is 0 Å². The third-order valence-corrected chi connectivity index (χ3v) is 4.03.